The van der Waals surface area contributed by atoms with Gasteiger partial charge in [0.2, 0.25) is 0 Å². The van der Waals surface area contributed by atoms with Crippen LogP contribution in [0.15, 0.2) is 109 Å². The van der Waals surface area contributed by atoms with Crippen LogP contribution in [0.4, 0.5) is 27.5 Å². The Morgan fingerprint density at radius 1 is 0.678 bits per heavy atom. The van der Waals surface area contributed by atoms with Crippen LogP contribution in [0.25, 0.3) is 21.5 Å². The van der Waals surface area contributed by atoms with Gasteiger partial charge in [-0.25, -0.2) is 38.5 Å². The number of azo groups is 1. The number of benzene rings is 5. The Bertz CT molecular complexity index is 3030. The number of sulfone groups is 1. The van der Waals surface area contributed by atoms with Crippen LogP contribution < -0.4 is 134 Å². The maximum Gasteiger partial charge on any atom is 1.00 e. The zero-order chi connectivity index (χ0) is 40.7. The summed E-state index contributed by atoms with van der Waals surface area (Å²) >= 11 is 0. The summed E-state index contributed by atoms with van der Waals surface area (Å²) in [5, 5.41) is 24.0. The van der Waals surface area contributed by atoms with E-state index in [9.17, 15) is 65.6 Å². The monoisotopic (exact) mass is 964 g/mol. The molecule has 30 heteroatoms. The molecule has 0 aliphatic rings. The van der Waals surface area contributed by atoms with Gasteiger partial charge in [0.15, 0.2) is 9.84 Å². The minimum atomic E-state index is -5.68. The van der Waals surface area contributed by atoms with Crippen LogP contribution in [0.3, 0.4) is 0 Å². The minimum Gasteiger partial charge on any atom is -0.870 e. The number of hydrogen-bond donors (Lipinski definition) is 3. The molecule has 5 aromatic carbocycles. The zero-order valence-electron chi connectivity index (χ0n) is 30.8. The first-order valence-electron chi connectivity index (χ1n) is 14.5. The van der Waals surface area contributed by atoms with Gasteiger partial charge in [0.1, 0.15) is 36.0 Å². The van der Waals surface area contributed by atoms with Crippen LogP contribution >= 0.6 is 10.8 Å². The first kappa shape index (κ1) is 56.2. The maximum atomic E-state index is 13.9. The van der Waals surface area contributed by atoms with E-state index in [0.29, 0.717) is 18.2 Å². The molecule has 5 aromatic rings. The topological polar surface area (TPSA) is 349 Å². The number of nitrogens with zero attached hydrogens (tertiary/aromatic N) is 2. The molecular weight excluding hydrogens is 945 g/mol. The quantitative estimate of drug-likeness (QED) is 0.0452. The molecule has 5 rings (SSSR count). The van der Waals surface area contributed by atoms with E-state index < -0.39 is 120 Å². The number of urea groups is 1. The molecule has 0 atom stereocenters. The van der Waals surface area contributed by atoms with Crippen molar-refractivity contribution >= 4 is 110 Å². The van der Waals surface area contributed by atoms with Crippen molar-refractivity contribution < 1.29 is 188 Å². The summed E-state index contributed by atoms with van der Waals surface area (Å²) < 4.78 is 166. The SMILES string of the molecule is O=C(Nc1cccc(S(=O)(=O)CCSS(=O)(=O)O)c1)Nc1cc(S(=O)(=O)[O-])cc2cc(S(=O)(=O)[O-])c(N=Nc3ccc4ccccc4c3S(=O)(=O)[O-])c([O-])c12.[Na+].[Na+].[Na+].[Na+]. The summed E-state index contributed by atoms with van der Waals surface area (Å²) in [5.74, 6) is -2.82. The molecule has 0 heterocycles. The molecule has 0 radical (unpaired) electrons. The molecule has 0 fully saturated rings. The number of fused-ring (bicyclic) bond motifs is 2. The van der Waals surface area contributed by atoms with Gasteiger partial charge in [-0.3, -0.25) is 4.55 Å². The van der Waals surface area contributed by atoms with E-state index in [4.69, 9.17) is 4.55 Å². The van der Waals surface area contributed by atoms with Crippen molar-refractivity contribution in [2.75, 3.05) is 22.1 Å². The van der Waals surface area contributed by atoms with E-state index in [2.05, 4.69) is 20.9 Å². The molecule has 0 aromatic heterocycles. The third-order valence-corrected chi connectivity index (χ3v) is 13.9. The van der Waals surface area contributed by atoms with E-state index in [1.807, 2.05) is 0 Å². The van der Waals surface area contributed by atoms with Gasteiger partial charge in [-0.15, -0.1) is 10.2 Å². The molecule has 59 heavy (non-hydrogen) atoms. The van der Waals surface area contributed by atoms with E-state index in [0.717, 1.165) is 18.2 Å². The maximum absolute atomic E-state index is 13.9. The number of anilines is 2. The van der Waals surface area contributed by atoms with E-state index in [1.165, 1.54) is 42.5 Å². The van der Waals surface area contributed by atoms with E-state index in [-0.39, 0.29) is 145 Å². The summed E-state index contributed by atoms with van der Waals surface area (Å²) in [5.41, 5.74) is -2.94. The second-order valence-corrected chi connectivity index (χ2v) is 20.6. The van der Waals surface area contributed by atoms with E-state index in [1.54, 1.807) is 0 Å². The van der Waals surface area contributed by atoms with E-state index >= 15 is 0 Å². The predicted octanol–water partition coefficient (Wildman–Crippen LogP) is -8.84. The van der Waals surface area contributed by atoms with Gasteiger partial charge in [0.25, 0.3) is 0 Å². The summed E-state index contributed by atoms with van der Waals surface area (Å²) in [7, 11) is -25.1. The fraction of sp³-hybridized carbons (Fsp3) is 0.0690. The van der Waals surface area contributed by atoms with Crippen LogP contribution in [0.1, 0.15) is 0 Å². The molecule has 0 aliphatic heterocycles. The van der Waals surface area contributed by atoms with Crippen molar-refractivity contribution in [3.05, 3.63) is 78.9 Å². The Morgan fingerprint density at radius 2 is 1.32 bits per heavy atom. The summed E-state index contributed by atoms with van der Waals surface area (Å²) in [4.78, 5) is 9.28. The molecule has 0 saturated heterocycles. The van der Waals surface area contributed by atoms with Gasteiger partial charge in [-0.2, -0.15) is 8.42 Å². The van der Waals surface area contributed by atoms with Crippen LogP contribution in [0, 0.1) is 0 Å². The molecule has 0 saturated carbocycles. The van der Waals surface area contributed by atoms with Gasteiger partial charge >= 0.3 is 133 Å². The average Bonchev–Trinajstić information content (AvgIpc) is 3.05. The van der Waals surface area contributed by atoms with Crippen LogP contribution in [0.2, 0.25) is 0 Å². The van der Waals surface area contributed by atoms with Crippen LogP contribution in [-0.4, -0.2) is 77.8 Å². The smallest absolute Gasteiger partial charge is 0.870 e. The first-order chi connectivity index (χ1) is 25.3. The van der Waals surface area contributed by atoms with Crippen LogP contribution in [-0.2, 0) is 49.3 Å². The number of nitrogens with one attached hydrogen (secondary N) is 2. The predicted molar refractivity (Wildman–Crippen MR) is 191 cm³/mol. The van der Waals surface area contributed by atoms with Crippen molar-refractivity contribution in [1.29, 1.82) is 0 Å². The Labute approximate surface area is 429 Å². The largest absolute Gasteiger partial charge is 1.00 e. The summed E-state index contributed by atoms with van der Waals surface area (Å²) in [6, 6.07) is 12.6. The Kier molecular flexibility index (Phi) is 20.7. The Hall–Kier alpha value is -0.770. The normalized spacial score (nSPS) is 12.1. The van der Waals surface area contributed by atoms with Gasteiger partial charge in [-0.1, -0.05) is 42.1 Å². The number of carbonyl (C=O) groups excluding carboxylic acids is 1. The molecule has 2 amide bonds. The van der Waals surface area contributed by atoms with Gasteiger partial charge in [0.05, 0.1) is 36.7 Å². The number of amides is 2. The number of carbonyl (C=O) groups is 1. The number of rotatable bonds is 12. The molecule has 0 unspecified atom stereocenters. The molecule has 3 N–H and O–H groups in total. The van der Waals surface area contributed by atoms with Crippen molar-refractivity contribution in [3.8, 4) is 5.75 Å². The molecule has 292 valence electrons. The van der Waals surface area contributed by atoms with Crippen molar-refractivity contribution in [1.82, 2.24) is 0 Å². The van der Waals surface area contributed by atoms with Crippen molar-refractivity contribution in [2.45, 2.75) is 19.6 Å². The summed E-state index contributed by atoms with van der Waals surface area (Å²) in [6.07, 6.45) is 0. The van der Waals surface area contributed by atoms with Crippen molar-refractivity contribution in [3.63, 3.8) is 0 Å². The average molecular weight is 965 g/mol. The zero-order valence-corrected chi connectivity index (χ0v) is 43.7. The first-order valence-corrected chi connectivity index (χ1v) is 23.3. The fourth-order valence-electron chi connectivity index (χ4n) is 5.07. The van der Waals surface area contributed by atoms with Crippen LogP contribution in [0.5, 0.6) is 5.75 Å². The molecular formula is C29H20N4Na4O16S6. The minimum absolute atomic E-state index is 0. The summed E-state index contributed by atoms with van der Waals surface area (Å²) in [6.45, 7) is 0. The van der Waals surface area contributed by atoms with Gasteiger partial charge in [-0.05, 0) is 69.4 Å². The third-order valence-electron chi connectivity index (χ3n) is 7.31. The number of hydrogen-bond acceptors (Lipinski definition) is 18. The molecule has 0 spiro atoms. The molecule has 0 aliphatic carbocycles. The second kappa shape index (κ2) is 21.7. The third kappa shape index (κ3) is 14.4. The fourth-order valence-corrected chi connectivity index (χ4v) is 10.5. The second-order valence-electron chi connectivity index (χ2n) is 11.0. The van der Waals surface area contributed by atoms with Gasteiger partial charge < -0.3 is 29.4 Å². The molecule has 20 nitrogen and oxygen atoms in total. The molecule has 0 bridgehead atoms. The van der Waals surface area contributed by atoms with Crippen molar-refractivity contribution in [2.24, 2.45) is 10.2 Å². The Morgan fingerprint density at radius 3 is 1.92 bits per heavy atom. The standard InChI is InChI=1S/C29H24N4O16S6.4Na/c34-27-25-17(13-24(53(41,42)43)26(27)33-32-22-9-8-16-4-1-2-7-21(16)28(22)54(44,45)46)12-20(52(38,39)40)15-23(25)31-29(35)30-18-5-3-6-19(14-18)51(36,37)11-10-50-55(47,48)49;;;;/h1-9,12-15,34H,10-11H2,(H2,30,31,35)(H,38,39,40)(H,41,42,43)(H,44,45,46)(H,47,48,49);;;;/q;4*+1/p-4. The van der Waals surface area contributed by atoms with Gasteiger partial charge in [0, 0.05) is 16.8 Å². The Balaban J connectivity index is 0.00000435.